The summed E-state index contributed by atoms with van der Waals surface area (Å²) in [6.45, 7) is 0.592. The minimum atomic E-state index is -1.15. The number of hydrogen-bond donors (Lipinski definition) is 6. The second kappa shape index (κ2) is 12.0. The van der Waals surface area contributed by atoms with Crippen LogP contribution in [0.1, 0.15) is 58.5 Å². The first-order valence-electron chi connectivity index (χ1n) is 11.6. The van der Waals surface area contributed by atoms with E-state index in [4.69, 9.17) is 15.6 Å². The second-order valence-corrected chi connectivity index (χ2v) is 8.79. The Kier molecular flexibility index (Phi) is 9.03. The molecule has 1 aromatic carbocycles. The van der Waals surface area contributed by atoms with Gasteiger partial charge >= 0.3 is 5.97 Å². The molecule has 0 bridgehead atoms. The van der Waals surface area contributed by atoms with Gasteiger partial charge in [-0.2, -0.15) is 0 Å². The molecule has 2 aliphatic rings. The van der Waals surface area contributed by atoms with Crippen molar-refractivity contribution in [1.29, 1.82) is 0 Å². The fourth-order valence-electron chi connectivity index (χ4n) is 4.19. The molecule has 0 atom stereocenters. The summed E-state index contributed by atoms with van der Waals surface area (Å²) in [7, 11) is 0. The van der Waals surface area contributed by atoms with Crippen LogP contribution in [-0.4, -0.2) is 61.7 Å². The van der Waals surface area contributed by atoms with Crippen molar-refractivity contribution in [2.75, 3.05) is 18.5 Å². The van der Waals surface area contributed by atoms with Gasteiger partial charge in [0.15, 0.2) is 12.3 Å². The Bertz CT molecular complexity index is 1290. The third kappa shape index (κ3) is 6.53. The van der Waals surface area contributed by atoms with E-state index in [1.54, 1.807) is 18.2 Å². The highest BCUT2D eigenvalue weighted by Crippen LogP contribution is 2.28. The molecule has 12 nitrogen and oxygen atoms in total. The number of halogens is 1. The number of carbonyl (C=O) groups excluding carboxylic acids is 2. The van der Waals surface area contributed by atoms with E-state index in [-0.39, 0.29) is 53.8 Å². The fraction of sp³-hybridized carbons (Fsp3) is 0.375. The first kappa shape index (κ1) is 27.8. The molecule has 3 heterocycles. The minimum Gasteiger partial charge on any atom is -0.482 e. The Morgan fingerprint density at radius 3 is 2.62 bits per heavy atom. The molecule has 1 aliphatic heterocycles. The summed E-state index contributed by atoms with van der Waals surface area (Å²) >= 11 is 0. The molecule has 2 aromatic heterocycles. The predicted molar refractivity (Wildman–Crippen MR) is 137 cm³/mol. The molecule has 0 saturated heterocycles. The highest BCUT2D eigenvalue weighted by atomic mass is 35.5. The van der Waals surface area contributed by atoms with Gasteiger partial charge in [0.25, 0.3) is 11.8 Å². The Hall–Kier alpha value is -3.74. The highest BCUT2D eigenvalue weighted by molar-refractivity contribution is 6.08. The van der Waals surface area contributed by atoms with E-state index in [1.807, 2.05) is 0 Å². The molecule has 2 amide bonds. The van der Waals surface area contributed by atoms with E-state index < -0.39 is 17.5 Å². The molecule has 0 spiro atoms. The van der Waals surface area contributed by atoms with E-state index in [0.717, 1.165) is 37.6 Å². The van der Waals surface area contributed by atoms with Crippen LogP contribution >= 0.6 is 12.4 Å². The average Bonchev–Trinajstić information content (AvgIpc) is 3.32. The Balaban J connectivity index is 0.000000324. The van der Waals surface area contributed by atoms with Crippen LogP contribution in [0.5, 0.6) is 5.75 Å². The lowest BCUT2D eigenvalue weighted by Crippen LogP contribution is -2.39. The van der Waals surface area contributed by atoms with Crippen LogP contribution in [0, 0.1) is 0 Å². The molecule has 37 heavy (non-hydrogen) atoms. The molecule has 13 heteroatoms. The molecule has 0 unspecified atom stereocenters. The first-order valence-corrected chi connectivity index (χ1v) is 11.6. The second-order valence-electron chi connectivity index (χ2n) is 8.79. The van der Waals surface area contributed by atoms with E-state index in [1.165, 1.54) is 12.6 Å². The number of H-pyrrole nitrogens is 1. The van der Waals surface area contributed by atoms with Crippen molar-refractivity contribution in [2.45, 2.75) is 44.2 Å². The normalized spacial score (nSPS) is 15.7. The summed E-state index contributed by atoms with van der Waals surface area (Å²) in [6, 6.07) is 5.19. The van der Waals surface area contributed by atoms with Crippen LogP contribution in [0.3, 0.4) is 0 Å². The van der Waals surface area contributed by atoms with Crippen LogP contribution in [-0.2, 0) is 11.3 Å². The number of carbonyl (C=O) groups is 3. The lowest BCUT2D eigenvalue weighted by atomic mass is 9.85. The smallest absolute Gasteiger partial charge is 0.339 e. The van der Waals surface area contributed by atoms with Gasteiger partial charge in [-0.05, 0) is 30.5 Å². The van der Waals surface area contributed by atoms with Crippen LogP contribution in [0.4, 0.5) is 5.69 Å². The van der Waals surface area contributed by atoms with E-state index >= 15 is 0 Å². The zero-order valence-corrected chi connectivity index (χ0v) is 20.8. The summed E-state index contributed by atoms with van der Waals surface area (Å²) < 4.78 is 5.29. The maximum atomic E-state index is 12.5. The zero-order valence-electron chi connectivity index (χ0n) is 20.0. The third-order valence-corrected chi connectivity index (χ3v) is 6.20. The molecular formula is C24H29ClN6O6. The number of anilines is 1. The number of aliphatic hydroxyl groups is 1. The summed E-state index contributed by atoms with van der Waals surface area (Å²) in [6.07, 6.45) is 7.78. The van der Waals surface area contributed by atoms with Crippen LogP contribution in [0.2, 0.25) is 0 Å². The number of amides is 2. The third-order valence-electron chi connectivity index (χ3n) is 6.20. The van der Waals surface area contributed by atoms with Crippen LogP contribution < -0.4 is 21.1 Å². The van der Waals surface area contributed by atoms with Gasteiger partial charge in [-0.1, -0.05) is 25.3 Å². The van der Waals surface area contributed by atoms with Gasteiger partial charge in [-0.3, -0.25) is 9.59 Å². The number of nitrogens with two attached hydrogens (primary N) is 1. The molecule has 198 valence electrons. The number of fused-ring (bicyclic) bond motifs is 2. The number of nitrogens with zero attached hydrogens (tertiary/aromatic N) is 2. The van der Waals surface area contributed by atoms with E-state index in [0.29, 0.717) is 18.0 Å². The van der Waals surface area contributed by atoms with E-state index in [9.17, 15) is 19.5 Å². The summed E-state index contributed by atoms with van der Waals surface area (Å²) in [5.41, 5.74) is 6.59. The number of rotatable bonds is 5. The summed E-state index contributed by atoms with van der Waals surface area (Å²) in [5.74, 6) is -1.31. The number of nitrogens with one attached hydrogen (secondary N) is 3. The summed E-state index contributed by atoms with van der Waals surface area (Å²) in [4.78, 5) is 45.7. The van der Waals surface area contributed by atoms with Gasteiger partial charge in [-0.15, -0.1) is 12.4 Å². The van der Waals surface area contributed by atoms with Crippen molar-refractivity contribution in [3.8, 4) is 5.75 Å². The maximum absolute atomic E-state index is 12.5. The molecular weight excluding hydrogens is 504 g/mol. The van der Waals surface area contributed by atoms with Gasteiger partial charge in [0.2, 0.25) is 0 Å². The molecule has 1 aliphatic carbocycles. The number of benzene rings is 1. The number of hydrogen-bond acceptors (Lipinski definition) is 8. The topological polar surface area (TPSA) is 193 Å². The molecule has 5 rings (SSSR count). The van der Waals surface area contributed by atoms with Crippen molar-refractivity contribution < 1.29 is 29.3 Å². The zero-order chi connectivity index (χ0) is 25.7. The number of aromatic amines is 1. The van der Waals surface area contributed by atoms with Crippen LogP contribution in [0.25, 0.3) is 11.0 Å². The molecule has 0 radical (unpaired) electrons. The van der Waals surface area contributed by atoms with Crippen molar-refractivity contribution in [3.63, 3.8) is 0 Å². The number of aromatic carboxylic acids is 1. The van der Waals surface area contributed by atoms with Crippen molar-refractivity contribution in [2.24, 2.45) is 5.73 Å². The van der Waals surface area contributed by atoms with E-state index in [2.05, 4.69) is 25.6 Å². The van der Waals surface area contributed by atoms with Gasteiger partial charge in [-0.25, -0.2) is 14.8 Å². The summed E-state index contributed by atoms with van der Waals surface area (Å²) in [5, 5.41) is 24.1. The van der Waals surface area contributed by atoms with Crippen LogP contribution in [0.15, 0.2) is 30.7 Å². The van der Waals surface area contributed by atoms with Crippen molar-refractivity contribution >= 4 is 46.9 Å². The quantitative estimate of drug-likeness (QED) is 0.285. The molecule has 1 fully saturated rings. The van der Waals surface area contributed by atoms with Gasteiger partial charge < -0.3 is 36.3 Å². The lowest BCUT2D eigenvalue weighted by molar-refractivity contribution is -0.118. The fourth-order valence-corrected chi connectivity index (χ4v) is 4.19. The Morgan fingerprint density at radius 2 is 1.95 bits per heavy atom. The van der Waals surface area contributed by atoms with Crippen molar-refractivity contribution in [1.82, 2.24) is 20.3 Å². The van der Waals surface area contributed by atoms with Crippen molar-refractivity contribution in [3.05, 3.63) is 47.5 Å². The number of aromatic nitrogens is 3. The maximum Gasteiger partial charge on any atom is 0.339 e. The SMILES string of the molecule is Cl.NCC1(O)CCCCC1.O=C1COc2ccc(CNC(=O)c3ncnc4c(C(=O)O)c[nH]c34)cc2N1. The highest BCUT2D eigenvalue weighted by Gasteiger charge is 2.26. The largest absolute Gasteiger partial charge is 0.482 e. The molecule has 3 aromatic rings. The monoisotopic (exact) mass is 532 g/mol. The van der Waals surface area contributed by atoms with Gasteiger partial charge in [0.05, 0.1) is 16.8 Å². The Morgan fingerprint density at radius 1 is 1.19 bits per heavy atom. The van der Waals surface area contributed by atoms with Gasteiger partial charge in [0.1, 0.15) is 23.2 Å². The standard InChI is InChI=1S/C17H13N5O5.C7H15NO.ClH/c23-12-6-27-11-2-1-8(3-10(11)22-12)4-19-16(24)15-14-13(20-7-21-15)9(5-18-14)17(25)26;8-6-7(9)4-2-1-3-5-7;/h1-3,5,7,18H,4,6H2,(H,19,24)(H,22,23)(H,25,26);9H,1-6,8H2;1H. The number of carboxylic acids is 1. The average molecular weight is 533 g/mol. The predicted octanol–water partition coefficient (Wildman–Crippen LogP) is 1.98. The molecule has 1 saturated carbocycles. The molecule has 7 N–H and O–H groups in total. The number of carboxylic acid groups (broad SMARTS) is 1. The minimum absolute atomic E-state index is 0. The lowest BCUT2D eigenvalue weighted by Gasteiger charge is -2.30. The Labute approximate surface area is 218 Å². The first-order chi connectivity index (χ1) is 17.3. The number of ether oxygens (including phenoxy) is 1. The van der Waals surface area contributed by atoms with Gasteiger partial charge in [0, 0.05) is 19.3 Å².